The largest absolute Gasteiger partial charge is 0.467 e. The SMILES string of the molecule is CCC(CC)C(c1ccccc1)[13CH](NC(C)=O)[13C](=O)OC. The van der Waals surface area contributed by atoms with Gasteiger partial charge in [-0.2, -0.15) is 0 Å². The lowest BCUT2D eigenvalue weighted by molar-refractivity contribution is -0.146. The summed E-state index contributed by atoms with van der Waals surface area (Å²) in [5, 5.41) is 2.76. The number of esters is 1. The molecule has 2 unspecified atom stereocenters. The van der Waals surface area contributed by atoms with Crippen molar-refractivity contribution in [1.29, 1.82) is 0 Å². The fourth-order valence-electron chi connectivity index (χ4n) is 2.85. The van der Waals surface area contributed by atoms with E-state index in [2.05, 4.69) is 19.2 Å². The zero-order valence-corrected chi connectivity index (χ0v) is 13.3. The molecule has 0 aromatic heterocycles. The Labute approximate surface area is 126 Å². The van der Waals surface area contributed by atoms with Crippen LogP contribution in [0.2, 0.25) is 0 Å². The van der Waals surface area contributed by atoms with Crippen molar-refractivity contribution < 1.29 is 14.3 Å². The molecule has 1 amide bonds. The molecule has 1 rings (SSSR count). The molecule has 0 bridgehead atoms. The van der Waals surface area contributed by atoms with Crippen molar-refractivity contribution in [2.45, 2.75) is 45.6 Å². The minimum absolute atomic E-state index is 0.0856. The summed E-state index contributed by atoms with van der Waals surface area (Å²) in [7, 11) is 1.35. The number of methoxy groups -OCH3 is 1. The second-order valence-electron chi connectivity index (χ2n) is 5.21. The van der Waals surface area contributed by atoms with Crippen molar-refractivity contribution >= 4 is 11.9 Å². The molecule has 0 radical (unpaired) electrons. The monoisotopic (exact) mass is 293 g/mol. The Morgan fingerprint density at radius 1 is 1.14 bits per heavy atom. The lowest BCUT2D eigenvalue weighted by Gasteiger charge is -2.32. The summed E-state index contributed by atoms with van der Waals surface area (Å²) in [5.74, 6) is -0.413. The van der Waals surface area contributed by atoms with E-state index in [0.29, 0.717) is 5.92 Å². The number of rotatable bonds is 7. The second kappa shape index (κ2) is 8.45. The van der Waals surface area contributed by atoms with Crippen LogP contribution < -0.4 is 5.32 Å². The summed E-state index contributed by atoms with van der Waals surface area (Å²) in [6, 6.07) is 9.19. The van der Waals surface area contributed by atoms with E-state index in [-0.39, 0.29) is 11.8 Å². The van der Waals surface area contributed by atoms with E-state index in [4.69, 9.17) is 4.74 Å². The van der Waals surface area contributed by atoms with Crippen molar-refractivity contribution in [3.63, 3.8) is 0 Å². The second-order valence-corrected chi connectivity index (χ2v) is 5.21. The molecule has 0 aliphatic carbocycles. The van der Waals surface area contributed by atoms with Gasteiger partial charge in [-0.3, -0.25) is 4.79 Å². The van der Waals surface area contributed by atoms with Crippen LogP contribution in [-0.4, -0.2) is 25.0 Å². The van der Waals surface area contributed by atoms with Gasteiger partial charge in [-0.1, -0.05) is 57.0 Å². The average Bonchev–Trinajstić information content (AvgIpc) is 2.50. The van der Waals surface area contributed by atoms with Crippen LogP contribution in [0.1, 0.15) is 45.1 Å². The van der Waals surface area contributed by atoms with Crippen LogP contribution in [0.25, 0.3) is 0 Å². The zero-order valence-electron chi connectivity index (χ0n) is 13.3. The fraction of sp³-hybridized carbons (Fsp3) is 0.529. The maximum Gasteiger partial charge on any atom is 0.329 e. The summed E-state index contributed by atoms with van der Waals surface area (Å²) >= 11 is 0. The van der Waals surface area contributed by atoms with Gasteiger partial charge in [0, 0.05) is 12.8 Å². The highest BCUT2D eigenvalue weighted by Gasteiger charge is 2.35. The normalized spacial score (nSPS) is 13.6. The van der Waals surface area contributed by atoms with E-state index in [9.17, 15) is 9.59 Å². The van der Waals surface area contributed by atoms with Crippen molar-refractivity contribution in [2.24, 2.45) is 5.92 Å². The predicted molar refractivity (Wildman–Crippen MR) is 82.9 cm³/mol. The van der Waals surface area contributed by atoms with Gasteiger partial charge >= 0.3 is 5.97 Å². The van der Waals surface area contributed by atoms with E-state index in [1.807, 2.05) is 30.3 Å². The van der Waals surface area contributed by atoms with Crippen LogP contribution in [0.3, 0.4) is 0 Å². The number of hydrogen-bond acceptors (Lipinski definition) is 3. The van der Waals surface area contributed by atoms with Crippen molar-refractivity contribution in [3.05, 3.63) is 35.9 Å². The molecule has 0 saturated carbocycles. The van der Waals surface area contributed by atoms with Crippen LogP contribution in [0.15, 0.2) is 30.3 Å². The summed E-state index contributed by atoms with van der Waals surface area (Å²) in [6.07, 6.45) is 1.87. The molecule has 0 fully saturated rings. The highest BCUT2D eigenvalue weighted by molar-refractivity contribution is 5.84. The maximum absolute atomic E-state index is 12.2. The molecule has 0 aliphatic heterocycles. The van der Waals surface area contributed by atoms with Gasteiger partial charge in [0.15, 0.2) is 0 Å². The van der Waals surface area contributed by atoms with E-state index in [0.717, 1.165) is 18.4 Å². The first-order chi connectivity index (χ1) is 10.0. The van der Waals surface area contributed by atoms with Gasteiger partial charge in [-0.05, 0) is 11.5 Å². The Kier molecular flexibility index (Phi) is 6.92. The first-order valence-electron chi connectivity index (χ1n) is 7.44. The molecule has 116 valence electrons. The van der Waals surface area contributed by atoms with Crippen molar-refractivity contribution in [3.8, 4) is 0 Å². The first kappa shape index (κ1) is 17.2. The van der Waals surface area contributed by atoms with E-state index in [1.54, 1.807) is 0 Å². The molecule has 1 aromatic carbocycles. The minimum atomic E-state index is -0.653. The summed E-state index contributed by atoms with van der Waals surface area (Å²) in [6.45, 7) is 5.63. The summed E-state index contributed by atoms with van der Waals surface area (Å²) in [4.78, 5) is 23.7. The molecule has 1 aromatic rings. The predicted octanol–water partition coefficient (Wildman–Crippen LogP) is 2.88. The van der Waals surface area contributed by atoms with Gasteiger partial charge in [0.05, 0.1) is 7.11 Å². The highest BCUT2D eigenvalue weighted by Crippen LogP contribution is 2.33. The molecule has 4 nitrogen and oxygen atoms in total. The maximum atomic E-state index is 12.2. The van der Waals surface area contributed by atoms with Gasteiger partial charge < -0.3 is 10.1 Å². The molecule has 0 saturated heterocycles. The van der Waals surface area contributed by atoms with Gasteiger partial charge in [0.1, 0.15) is 6.04 Å². The molecule has 2 atom stereocenters. The fourth-order valence-corrected chi connectivity index (χ4v) is 2.85. The quantitative estimate of drug-likeness (QED) is 0.621. The number of nitrogens with one attached hydrogen (secondary N) is 1. The lowest BCUT2D eigenvalue weighted by atomic mass is 9.86. The van der Waals surface area contributed by atoms with Crippen molar-refractivity contribution in [1.82, 2.24) is 5.32 Å². The van der Waals surface area contributed by atoms with Crippen LogP contribution in [0.4, 0.5) is 0 Å². The molecule has 1 N–H and O–H groups in total. The molecule has 0 aliphatic rings. The summed E-state index contributed by atoms with van der Waals surface area (Å²) < 4.78 is 4.90. The number of ether oxygens (including phenoxy) is 1. The van der Waals surface area contributed by atoms with Gasteiger partial charge in [0.2, 0.25) is 5.91 Å². The van der Waals surface area contributed by atoms with Crippen LogP contribution in [0, 0.1) is 5.92 Å². The standard InChI is InChI=1S/C17H25NO3/c1-5-13(6-2)15(14-10-8-7-9-11-14)16(17(20)21-4)18-12(3)19/h7-11,13,15-16H,5-6H2,1-4H3,(H,18,19)/i16+1,17+1. The third-order valence-electron chi connectivity index (χ3n) is 3.91. The Balaban J connectivity index is 3.24. The molecular weight excluding hydrogens is 268 g/mol. The Morgan fingerprint density at radius 3 is 2.14 bits per heavy atom. The minimum Gasteiger partial charge on any atom is -0.467 e. The Bertz CT molecular complexity index is 454. The van der Waals surface area contributed by atoms with E-state index >= 15 is 0 Å². The van der Waals surface area contributed by atoms with Crippen molar-refractivity contribution in [2.75, 3.05) is 7.11 Å². The number of carbonyl (C=O) groups excluding carboxylic acids is 2. The lowest BCUT2D eigenvalue weighted by Crippen LogP contribution is -2.46. The zero-order chi connectivity index (χ0) is 15.8. The van der Waals surface area contributed by atoms with E-state index in [1.165, 1.54) is 14.0 Å². The third kappa shape index (κ3) is 4.59. The van der Waals surface area contributed by atoms with Gasteiger partial charge in [-0.15, -0.1) is 0 Å². The molecule has 4 heteroatoms. The van der Waals surface area contributed by atoms with Crippen LogP contribution >= 0.6 is 0 Å². The summed E-state index contributed by atoms with van der Waals surface area (Å²) in [5.41, 5.74) is 1.05. The Hall–Kier alpha value is -1.84. The topological polar surface area (TPSA) is 55.4 Å². The smallest absolute Gasteiger partial charge is 0.329 e. The number of amides is 1. The number of carbonyl (C=O) groups is 2. The molecular formula is C17H25NO3. The van der Waals surface area contributed by atoms with Crippen LogP contribution in [-0.2, 0) is 14.3 Å². The van der Waals surface area contributed by atoms with E-state index < -0.39 is 12.0 Å². The van der Waals surface area contributed by atoms with Crippen LogP contribution in [0.5, 0.6) is 0 Å². The van der Waals surface area contributed by atoms with Gasteiger partial charge in [-0.25, -0.2) is 4.79 Å². The number of benzene rings is 1. The molecule has 0 spiro atoms. The number of hydrogen-bond donors (Lipinski definition) is 1. The first-order valence-corrected chi connectivity index (χ1v) is 7.44. The molecule has 21 heavy (non-hydrogen) atoms. The van der Waals surface area contributed by atoms with Gasteiger partial charge in [0.25, 0.3) is 0 Å². The third-order valence-corrected chi connectivity index (χ3v) is 3.91. The Morgan fingerprint density at radius 2 is 1.71 bits per heavy atom. The molecule has 0 heterocycles. The highest BCUT2D eigenvalue weighted by atomic mass is 16.6. The average molecular weight is 293 g/mol.